The number of nitrogens with zero attached hydrogens (tertiary/aromatic N) is 5. The fourth-order valence-electron chi connectivity index (χ4n) is 6.46. The average molecular weight is 712 g/mol. The third-order valence-corrected chi connectivity index (χ3v) is 9.26. The third-order valence-electron chi connectivity index (χ3n) is 8.96. The number of benzene rings is 4. The van der Waals surface area contributed by atoms with Gasteiger partial charge in [0.05, 0.1) is 20.6 Å². The van der Waals surface area contributed by atoms with Crippen LogP contribution in [-0.2, 0) is 0 Å². The van der Waals surface area contributed by atoms with Crippen LogP contribution >= 0.6 is 24.0 Å². The van der Waals surface area contributed by atoms with Crippen molar-refractivity contribution in [1.29, 1.82) is 0 Å². The monoisotopic (exact) mass is 710 g/mol. The molecule has 10 nitrogen and oxygen atoms in total. The normalized spacial score (nSPS) is 16.5. The molecule has 0 saturated carbocycles. The minimum atomic E-state index is -0.467. The Kier molecular flexibility index (Phi) is 12.3. The highest BCUT2D eigenvalue weighted by Crippen LogP contribution is 2.36. The fourth-order valence-corrected chi connectivity index (χ4v) is 6.68. The lowest BCUT2D eigenvalue weighted by Crippen LogP contribution is -2.20. The number of rotatable bonds is 5. The van der Waals surface area contributed by atoms with Gasteiger partial charge in [0.1, 0.15) is 23.4 Å². The van der Waals surface area contributed by atoms with Crippen molar-refractivity contribution in [2.75, 3.05) is 31.1 Å². The molecule has 4 aromatic carbocycles. The number of nitrogens with one attached hydrogen (secondary N) is 1. The lowest BCUT2D eigenvalue weighted by atomic mass is 9.99. The van der Waals surface area contributed by atoms with Gasteiger partial charge in [0.2, 0.25) is 0 Å². The summed E-state index contributed by atoms with van der Waals surface area (Å²) in [5.41, 5.74) is 2.86. The molecule has 6 aromatic rings. The number of anilines is 1. The highest BCUT2D eigenvalue weighted by Gasteiger charge is 2.27. The summed E-state index contributed by atoms with van der Waals surface area (Å²) in [6, 6.07) is 35.5. The van der Waals surface area contributed by atoms with Crippen LogP contribution in [0.25, 0.3) is 21.5 Å². The van der Waals surface area contributed by atoms with Crippen LogP contribution in [0.5, 0.6) is 0 Å². The minimum Gasteiger partial charge on any atom is -0.355 e. The molecule has 2 aliphatic rings. The standard InChI is InChI=1S/C19H17N3O2.C10H13N.C9H5ClN2O2.ClH/c23-22(24)18-12-20-19(17-9-5-4-8-16(17)18)21-11-10-15(13-21)14-6-2-1-3-7-14;1-2-4-9(5-3-1)10-6-7-11-8-10;10-9-7-4-2-1-3-6(7)8(5-11-9)12(13)14;/h1-9,12,15H,10-11,13H2;1-5,10-11H,6-8H2;1-5H;1H/t15-;10-;;/m11../s1. The average Bonchev–Trinajstić information content (AvgIpc) is 3.87. The van der Waals surface area contributed by atoms with Gasteiger partial charge in [0.15, 0.2) is 0 Å². The molecule has 256 valence electrons. The molecule has 2 aliphatic heterocycles. The van der Waals surface area contributed by atoms with Crippen LogP contribution in [0.15, 0.2) is 122 Å². The smallest absolute Gasteiger partial charge is 0.295 e. The van der Waals surface area contributed by atoms with Crippen LogP contribution < -0.4 is 10.2 Å². The van der Waals surface area contributed by atoms with Crippen LogP contribution in [0, 0.1) is 20.2 Å². The van der Waals surface area contributed by atoms with E-state index in [-0.39, 0.29) is 33.9 Å². The van der Waals surface area contributed by atoms with E-state index < -0.39 is 4.92 Å². The minimum absolute atomic E-state index is 0. The lowest BCUT2D eigenvalue weighted by molar-refractivity contribution is -0.383. The summed E-state index contributed by atoms with van der Waals surface area (Å²) in [6.45, 7) is 4.14. The van der Waals surface area contributed by atoms with Crippen molar-refractivity contribution in [2.24, 2.45) is 0 Å². The highest BCUT2D eigenvalue weighted by molar-refractivity contribution is 6.34. The molecule has 8 rings (SSSR count). The van der Waals surface area contributed by atoms with Crippen molar-refractivity contribution in [1.82, 2.24) is 15.3 Å². The summed E-state index contributed by atoms with van der Waals surface area (Å²) in [5, 5.41) is 28.1. The largest absolute Gasteiger partial charge is 0.355 e. The summed E-state index contributed by atoms with van der Waals surface area (Å²) in [6.07, 6.45) is 4.92. The number of hydrogen-bond donors (Lipinski definition) is 1. The Hall–Kier alpha value is -5.16. The molecular weight excluding hydrogens is 675 g/mol. The second kappa shape index (κ2) is 17.0. The van der Waals surface area contributed by atoms with E-state index >= 15 is 0 Å². The van der Waals surface area contributed by atoms with Crippen molar-refractivity contribution >= 4 is 62.7 Å². The van der Waals surface area contributed by atoms with E-state index in [0.717, 1.165) is 43.2 Å². The second-order valence-corrected chi connectivity index (χ2v) is 12.3. The van der Waals surface area contributed by atoms with Crippen LogP contribution in [0.3, 0.4) is 0 Å². The second-order valence-electron chi connectivity index (χ2n) is 11.9. The number of fused-ring (bicyclic) bond motifs is 2. The molecule has 0 bridgehead atoms. The SMILES string of the molecule is Cl.O=[N+]([O-])c1cnc(Cl)c2ccccc12.O=[N+]([O-])c1cnc(N2CC[C@@H](c3ccccc3)C2)c2ccccc12.c1ccc([C@@H]2CCNC2)cc1. The van der Waals surface area contributed by atoms with E-state index in [1.807, 2.05) is 24.3 Å². The van der Waals surface area contributed by atoms with Gasteiger partial charge < -0.3 is 10.2 Å². The van der Waals surface area contributed by atoms with E-state index in [4.69, 9.17) is 11.6 Å². The van der Waals surface area contributed by atoms with E-state index in [2.05, 4.69) is 74.8 Å². The third kappa shape index (κ3) is 8.34. The van der Waals surface area contributed by atoms with Crippen molar-refractivity contribution in [2.45, 2.75) is 24.7 Å². The molecular formula is C38H36Cl2N6O4. The van der Waals surface area contributed by atoms with Gasteiger partial charge in [0.25, 0.3) is 11.4 Å². The zero-order chi connectivity index (χ0) is 34.2. The zero-order valence-corrected chi connectivity index (χ0v) is 28.7. The Balaban J connectivity index is 0.000000159. The first kappa shape index (κ1) is 36.1. The zero-order valence-electron chi connectivity index (χ0n) is 27.1. The molecule has 0 aliphatic carbocycles. The maximum atomic E-state index is 11.2. The first-order valence-corrected chi connectivity index (χ1v) is 16.5. The Labute approximate surface area is 300 Å². The molecule has 0 amide bonds. The van der Waals surface area contributed by atoms with E-state index in [0.29, 0.717) is 22.1 Å². The lowest BCUT2D eigenvalue weighted by Gasteiger charge is -2.19. The first-order chi connectivity index (χ1) is 23.9. The Morgan fingerprint density at radius 2 is 1.16 bits per heavy atom. The number of halogens is 2. The molecule has 50 heavy (non-hydrogen) atoms. The van der Waals surface area contributed by atoms with Crippen molar-refractivity contribution in [3.05, 3.63) is 158 Å². The van der Waals surface area contributed by atoms with Crippen molar-refractivity contribution in [3.8, 4) is 0 Å². The van der Waals surface area contributed by atoms with Gasteiger partial charge in [-0.05, 0) is 48.6 Å². The van der Waals surface area contributed by atoms with Crippen molar-refractivity contribution in [3.63, 3.8) is 0 Å². The molecule has 0 radical (unpaired) electrons. The maximum absolute atomic E-state index is 11.2. The fraction of sp³-hybridized carbons (Fsp3) is 0.211. The van der Waals surface area contributed by atoms with E-state index in [9.17, 15) is 20.2 Å². The predicted molar refractivity (Wildman–Crippen MR) is 202 cm³/mol. The quantitative estimate of drug-likeness (QED) is 0.107. The highest BCUT2D eigenvalue weighted by atomic mass is 35.5. The molecule has 2 atom stereocenters. The predicted octanol–water partition coefficient (Wildman–Crippen LogP) is 9.12. The molecule has 1 N–H and O–H groups in total. The topological polar surface area (TPSA) is 127 Å². The molecule has 4 heterocycles. The molecule has 2 saturated heterocycles. The summed E-state index contributed by atoms with van der Waals surface area (Å²) in [5.74, 6) is 2.08. The molecule has 0 unspecified atom stereocenters. The van der Waals surface area contributed by atoms with Crippen LogP contribution in [0.1, 0.15) is 35.8 Å². The van der Waals surface area contributed by atoms with Crippen molar-refractivity contribution < 1.29 is 9.85 Å². The van der Waals surface area contributed by atoms with Gasteiger partial charge in [-0.25, -0.2) is 9.97 Å². The van der Waals surface area contributed by atoms with E-state index in [1.165, 1.54) is 36.5 Å². The van der Waals surface area contributed by atoms with E-state index in [1.54, 1.807) is 30.3 Å². The van der Waals surface area contributed by atoms with Crippen LogP contribution in [0.4, 0.5) is 17.2 Å². The summed E-state index contributed by atoms with van der Waals surface area (Å²) in [7, 11) is 0. The van der Waals surface area contributed by atoms with Gasteiger partial charge in [-0.15, -0.1) is 12.4 Å². The number of pyridine rings is 2. The Bertz CT molecular complexity index is 2060. The molecule has 12 heteroatoms. The summed E-state index contributed by atoms with van der Waals surface area (Å²) >= 11 is 5.80. The number of aromatic nitrogens is 2. The van der Waals surface area contributed by atoms with Gasteiger partial charge >= 0.3 is 0 Å². The number of nitro groups is 2. The number of hydrogen-bond acceptors (Lipinski definition) is 8. The molecule has 2 fully saturated rings. The Morgan fingerprint density at radius 3 is 1.72 bits per heavy atom. The van der Waals surface area contributed by atoms with Crippen LogP contribution in [-0.4, -0.2) is 46.0 Å². The summed E-state index contributed by atoms with van der Waals surface area (Å²) in [4.78, 5) is 31.5. The van der Waals surface area contributed by atoms with Crippen LogP contribution in [0.2, 0.25) is 5.15 Å². The first-order valence-electron chi connectivity index (χ1n) is 16.2. The maximum Gasteiger partial charge on any atom is 0.295 e. The Morgan fingerprint density at radius 1 is 0.660 bits per heavy atom. The molecule has 0 spiro atoms. The van der Waals surface area contributed by atoms with Gasteiger partial charge in [-0.2, -0.15) is 0 Å². The summed E-state index contributed by atoms with van der Waals surface area (Å²) < 4.78 is 0. The van der Waals surface area contributed by atoms with Gasteiger partial charge in [-0.1, -0.05) is 109 Å². The van der Waals surface area contributed by atoms with Gasteiger partial charge in [-0.3, -0.25) is 20.2 Å². The van der Waals surface area contributed by atoms with Gasteiger partial charge in [0, 0.05) is 36.3 Å². The molecule has 2 aromatic heterocycles.